The molecule has 1 saturated heterocycles. The van der Waals surface area contributed by atoms with Gasteiger partial charge in [0.2, 0.25) is 5.91 Å². The number of carbonyl (C=O) groups is 1. The molecule has 1 aromatic rings. The number of halogens is 1. The van der Waals surface area contributed by atoms with Gasteiger partial charge in [0.15, 0.2) is 5.96 Å². The Morgan fingerprint density at radius 2 is 1.88 bits per heavy atom. The maximum Gasteiger partial charge on any atom is 0.239 e. The van der Waals surface area contributed by atoms with E-state index in [1.165, 1.54) is 12.1 Å². The molecule has 1 aliphatic heterocycles. The van der Waals surface area contributed by atoms with Crippen LogP contribution in [0.1, 0.15) is 12.8 Å². The number of hydrogen-bond acceptors (Lipinski definition) is 3. The number of benzene rings is 1. The normalized spacial score (nSPS) is 18.5. The van der Waals surface area contributed by atoms with E-state index in [9.17, 15) is 9.18 Å². The van der Waals surface area contributed by atoms with Gasteiger partial charge < -0.3 is 20.4 Å². The van der Waals surface area contributed by atoms with Crippen molar-refractivity contribution in [3.63, 3.8) is 0 Å². The highest BCUT2D eigenvalue weighted by Gasteiger charge is 2.24. The van der Waals surface area contributed by atoms with E-state index in [-0.39, 0.29) is 18.3 Å². The Labute approximate surface area is 141 Å². The molecule has 130 valence electrons. The Morgan fingerprint density at radius 1 is 1.21 bits per heavy atom. The minimum atomic E-state index is -0.216. The predicted octanol–water partition coefficient (Wildman–Crippen LogP) is 0.802. The summed E-state index contributed by atoms with van der Waals surface area (Å²) >= 11 is 0. The Kier molecular flexibility index (Phi) is 5.17. The van der Waals surface area contributed by atoms with Crippen molar-refractivity contribution in [2.75, 3.05) is 44.7 Å². The molecule has 0 aromatic heterocycles. The fourth-order valence-electron chi connectivity index (χ4n) is 2.83. The second-order valence-corrected chi connectivity index (χ2v) is 6.19. The van der Waals surface area contributed by atoms with Gasteiger partial charge in [-0.15, -0.1) is 0 Å². The van der Waals surface area contributed by atoms with Gasteiger partial charge in [0.05, 0.1) is 6.54 Å². The van der Waals surface area contributed by atoms with Gasteiger partial charge in [0.1, 0.15) is 5.82 Å². The zero-order valence-electron chi connectivity index (χ0n) is 14.0. The molecule has 0 bridgehead atoms. The first kappa shape index (κ1) is 16.5. The second kappa shape index (κ2) is 7.51. The van der Waals surface area contributed by atoms with E-state index in [0.717, 1.165) is 50.7 Å². The van der Waals surface area contributed by atoms with Crippen molar-refractivity contribution in [1.29, 1.82) is 0 Å². The van der Waals surface area contributed by atoms with Crippen molar-refractivity contribution in [3.05, 3.63) is 30.1 Å². The molecular formula is C17H24FN5O. The lowest BCUT2D eigenvalue weighted by Gasteiger charge is -2.37. The van der Waals surface area contributed by atoms with Crippen LogP contribution in [0.3, 0.4) is 0 Å². The topological polar surface area (TPSA) is 60.0 Å². The van der Waals surface area contributed by atoms with Gasteiger partial charge in [-0.2, -0.15) is 0 Å². The monoisotopic (exact) mass is 333 g/mol. The van der Waals surface area contributed by atoms with Crippen LogP contribution in [0.5, 0.6) is 0 Å². The third-order valence-corrected chi connectivity index (χ3v) is 4.33. The smallest absolute Gasteiger partial charge is 0.239 e. The first-order chi connectivity index (χ1) is 11.7. The summed E-state index contributed by atoms with van der Waals surface area (Å²) in [5, 5.41) is 6.09. The molecule has 2 N–H and O–H groups in total. The minimum Gasteiger partial charge on any atom is -0.368 e. The van der Waals surface area contributed by atoms with E-state index in [1.807, 2.05) is 0 Å². The number of piperazine rings is 1. The highest BCUT2D eigenvalue weighted by atomic mass is 19.1. The average molecular weight is 333 g/mol. The van der Waals surface area contributed by atoms with Crippen LogP contribution < -0.4 is 15.5 Å². The van der Waals surface area contributed by atoms with Crippen LogP contribution in [0.2, 0.25) is 0 Å². The summed E-state index contributed by atoms with van der Waals surface area (Å²) in [6.07, 6.45) is 2.18. The summed E-state index contributed by atoms with van der Waals surface area (Å²) in [7, 11) is 1.73. The first-order valence-corrected chi connectivity index (χ1v) is 8.41. The number of nitrogens with zero attached hydrogens (tertiary/aromatic N) is 3. The zero-order valence-corrected chi connectivity index (χ0v) is 14.0. The van der Waals surface area contributed by atoms with E-state index in [4.69, 9.17) is 0 Å². The molecule has 24 heavy (non-hydrogen) atoms. The van der Waals surface area contributed by atoms with Gasteiger partial charge in [-0.3, -0.25) is 9.79 Å². The SMILES string of the molecule is CN=C(NCC(=O)NC1CC1)N1CCN(c2ccc(F)cc2)CC1. The first-order valence-electron chi connectivity index (χ1n) is 8.41. The van der Waals surface area contributed by atoms with E-state index in [2.05, 4.69) is 25.4 Å². The summed E-state index contributed by atoms with van der Waals surface area (Å²) < 4.78 is 13.0. The van der Waals surface area contributed by atoms with Gasteiger partial charge in [0, 0.05) is 45.0 Å². The van der Waals surface area contributed by atoms with Crippen molar-refractivity contribution >= 4 is 17.6 Å². The molecule has 1 amide bonds. The number of carbonyl (C=O) groups excluding carboxylic acids is 1. The minimum absolute atomic E-state index is 0.0172. The molecule has 3 rings (SSSR count). The highest BCUT2D eigenvalue weighted by Crippen LogP contribution is 2.18. The summed E-state index contributed by atoms with van der Waals surface area (Å²) in [5.74, 6) is 0.551. The summed E-state index contributed by atoms with van der Waals surface area (Å²) in [6, 6.07) is 6.96. The third-order valence-electron chi connectivity index (χ3n) is 4.33. The molecule has 2 fully saturated rings. The van der Waals surface area contributed by atoms with Crippen LogP contribution in [-0.4, -0.2) is 62.6 Å². The largest absolute Gasteiger partial charge is 0.368 e. The molecule has 0 unspecified atom stereocenters. The molecule has 2 aliphatic rings. The molecule has 7 heteroatoms. The molecule has 1 aliphatic carbocycles. The maximum absolute atomic E-state index is 13.0. The van der Waals surface area contributed by atoms with Gasteiger partial charge in [-0.1, -0.05) is 0 Å². The van der Waals surface area contributed by atoms with Crippen molar-refractivity contribution < 1.29 is 9.18 Å². The Morgan fingerprint density at radius 3 is 2.46 bits per heavy atom. The number of aliphatic imine (C=N–C) groups is 1. The molecular weight excluding hydrogens is 309 g/mol. The number of rotatable bonds is 4. The van der Waals surface area contributed by atoms with Crippen molar-refractivity contribution in [2.24, 2.45) is 4.99 Å². The average Bonchev–Trinajstić information content (AvgIpc) is 3.41. The summed E-state index contributed by atoms with van der Waals surface area (Å²) in [5.41, 5.74) is 1.03. The number of nitrogens with one attached hydrogen (secondary N) is 2. The third kappa shape index (κ3) is 4.37. The fraction of sp³-hybridized carbons (Fsp3) is 0.529. The molecule has 1 saturated carbocycles. The van der Waals surface area contributed by atoms with Crippen molar-refractivity contribution in [2.45, 2.75) is 18.9 Å². The van der Waals surface area contributed by atoms with Gasteiger partial charge >= 0.3 is 0 Å². The molecule has 1 aromatic carbocycles. The summed E-state index contributed by atoms with van der Waals surface area (Å²) in [6.45, 7) is 3.53. The molecule has 1 heterocycles. The lowest BCUT2D eigenvalue weighted by Crippen LogP contribution is -2.53. The van der Waals surface area contributed by atoms with Crippen molar-refractivity contribution in [3.8, 4) is 0 Å². The van der Waals surface area contributed by atoms with Crippen LogP contribution in [0.15, 0.2) is 29.3 Å². The zero-order chi connectivity index (χ0) is 16.9. The van der Waals surface area contributed by atoms with E-state index >= 15 is 0 Å². The van der Waals surface area contributed by atoms with Gasteiger partial charge in [0.25, 0.3) is 0 Å². The highest BCUT2D eigenvalue weighted by molar-refractivity contribution is 5.86. The number of amides is 1. The summed E-state index contributed by atoms with van der Waals surface area (Å²) in [4.78, 5) is 20.4. The van der Waals surface area contributed by atoms with E-state index in [0.29, 0.717) is 6.04 Å². The maximum atomic E-state index is 13.0. The van der Waals surface area contributed by atoms with Crippen LogP contribution in [0.25, 0.3) is 0 Å². The van der Waals surface area contributed by atoms with Crippen LogP contribution >= 0.6 is 0 Å². The lowest BCUT2D eigenvalue weighted by atomic mass is 10.2. The second-order valence-electron chi connectivity index (χ2n) is 6.19. The standard InChI is InChI=1S/C17H24FN5O/c1-19-17(20-12-16(24)21-14-4-5-14)23-10-8-22(9-11-23)15-6-2-13(18)3-7-15/h2-3,6-7,14H,4-5,8-12H2,1H3,(H,19,20)(H,21,24). The lowest BCUT2D eigenvalue weighted by molar-refractivity contribution is -0.120. The molecule has 0 atom stereocenters. The van der Waals surface area contributed by atoms with Gasteiger partial charge in [-0.25, -0.2) is 4.39 Å². The van der Waals surface area contributed by atoms with Crippen LogP contribution in [0.4, 0.5) is 10.1 Å². The van der Waals surface area contributed by atoms with Gasteiger partial charge in [-0.05, 0) is 37.1 Å². The van der Waals surface area contributed by atoms with Crippen LogP contribution in [-0.2, 0) is 4.79 Å². The van der Waals surface area contributed by atoms with E-state index in [1.54, 1.807) is 19.2 Å². The Bertz CT molecular complexity index is 592. The van der Waals surface area contributed by atoms with Crippen LogP contribution in [0, 0.1) is 5.82 Å². The Hall–Kier alpha value is -2.31. The quantitative estimate of drug-likeness (QED) is 0.632. The molecule has 0 radical (unpaired) electrons. The number of anilines is 1. The fourth-order valence-corrected chi connectivity index (χ4v) is 2.83. The number of guanidine groups is 1. The molecule has 0 spiro atoms. The molecule has 6 nitrogen and oxygen atoms in total. The Balaban J connectivity index is 1.47. The van der Waals surface area contributed by atoms with E-state index < -0.39 is 0 Å². The van der Waals surface area contributed by atoms with Crippen molar-refractivity contribution in [1.82, 2.24) is 15.5 Å². The number of hydrogen-bond donors (Lipinski definition) is 2. The predicted molar refractivity (Wildman–Crippen MR) is 92.7 cm³/mol.